The Balaban J connectivity index is 2.56. The molecule has 4 nitrogen and oxygen atoms in total. The molecule has 0 N–H and O–H groups in total. The molecule has 1 heterocycles. The highest BCUT2D eigenvalue weighted by Gasteiger charge is 2.33. The molecule has 2 atom stereocenters. The van der Waals surface area contributed by atoms with Crippen LogP contribution in [0, 0.1) is 0 Å². The monoisotopic (exact) mass is 257 g/mol. The third-order valence-corrected chi connectivity index (χ3v) is 3.33. The van der Waals surface area contributed by atoms with Gasteiger partial charge in [0.05, 0.1) is 6.10 Å². The molecule has 1 aliphatic heterocycles. The molecule has 1 aliphatic rings. The fourth-order valence-electron chi connectivity index (χ4n) is 2.37. The second-order valence-electron chi connectivity index (χ2n) is 5.97. The van der Waals surface area contributed by atoms with E-state index in [-0.39, 0.29) is 18.2 Å². The van der Waals surface area contributed by atoms with Gasteiger partial charge in [-0.3, -0.25) is 0 Å². The van der Waals surface area contributed by atoms with Crippen molar-refractivity contribution in [2.45, 2.75) is 71.1 Å². The van der Waals surface area contributed by atoms with Crippen LogP contribution in [0.25, 0.3) is 0 Å². The lowest BCUT2D eigenvalue weighted by molar-refractivity contribution is 0.0142. The molecule has 1 fully saturated rings. The van der Waals surface area contributed by atoms with Crippen molar-refractivity contribution in [1.82, 2.24) is 4.90 Å². The van der Waals surface area contributed by atoms with Crippen LogP contribution in [0.2, 0.25) is 0 Å². The van der Waals surface area contributed by atoms with Crippen LogP contribution in [0.4, 0.5) is 4.79 Å². The fourth-order valence-corrected chi connectivity index (χ4v) is 2.37. The van der Waals surface area contributed by atoms with Gasteiger partial charge in [0, 0.05) is 19.7 Å². The number of nitrogens with zero attached hydrogens (tertiary/aromatic N) is 1. The zero-order chi connectivity index (χ0) is 13.8. The second kappa shape index (κ2) is 6.41. The van der Waals surface area contributed by atoms with Gasteiger partial charge in [0.25, 0.3) is 0 Å². The van der Waals surface area contributed by atoms with Crippen molar-refractivity contribution >= 4 is 6.09 Å². The van der Waals surface area contributed by atoms with Crippen molar-refractivity contribution in [3.8, 4) is 0 Å². The van der Waals surface area contributed by atoms with Gasteiger partial charge in [0.2, 0.25) is 0 Å². The maximum atomic E-state index is 12.1. The van der Waals surface area contributed by atoms with E-state index in [9.17, 15) is 4.79 Å². The summed E-state index contributed by atoms with van der Waals surface area (Å²) in [6.07, 6.45) is 4.05. The molecule has 0 aromatic rings. The van der Waals surface area contributed by atoms with E-state index < -0.39 is 5.60 Å². The maximum absolute atomic E-state index is 12.1. The van der Waals surface area contributed by atoms with Crippen LogP contribution < -0.4 is 0 Å². The summed E-state index contributed by atoms with van der Waals surface area (Å²) in [7, 11) is 1.74. The predicted molar refractivity (Wildman–Crippen MR) is 71.7 cm³/mol. The number of methoxy groups -OCH3 is 1. The summed E-state index contributed by atoms with van der Waals surface area (Å²) in [4.78, 5) is 14.0. The summed E-state index contributed by atoms with van der Waals surface area (Å²) in [6, 6.07) is 0.268. The molecule has 4 heteroatoms. The molecule has 0 aromatic heterocycles. The minimum Gasteiger partial charge on any atom is -0.444 e. The van der Waals surface area contributed by atoms with Gasteiger partial charge in [-0.25, -0.2) is 4.79 Å². The normalized spacial score (nSPS) is 22.1. The largest absolute Gasteiger partial charge is 0.444 e. The molecule has 0 saturated carbocycles. The molecule has 0 spiro atoms. The number of carbonyl (C=O) groups excluding carboxylic acids is 1. The molecule has 0 aromatic carbocycles. The number of likely N-dealkylation sites (tertiary alicyclic amines) is 1. The Hall–Kier alpha value is -0.770. The Morgan fingerprint density at radius 1 is 1.44 bits per heavy atom. The highest BCUT2D eigenvalue weighted by Crippen LogP contribution is 2.25. The fraction of sp³-hybridized carbons (Fsp3) is 0.929. The Bertz CT molecular complexity index is 269. The van der Waals surface area contributed by atoms with Crippen molar-refractivity contribution in [1.29, 1.82) is 0 Å². The van der Waals surface area contributed by atoms with E-state index in [4.69, 9.17) is 9.47 Å². The van der Waals surface area contributed by atoms with Crippen molar-refractivity contribution in [3.63, 3.8) is 0 Å². The lowest BCUT2D eigenvalue weighted by Gasteiger charge is -2.30. The molecule has 2 unspecified atom stereocenters. The summed E-state index contributed by atoms with van der Waals surface area (Å²) in [5.74, 6) is 0. The average Bonchev–Trinajstić information content (AvgIpc) is 2.71. The number of rotatable bonds is 4. The van der Waals surface area contributed by atoms with Gasteiger partial charge in [-0.15, -0.1) is 0 Å². The van der Waals surface area contributed by atoms with Crippen molar-refractivity contribution in [2.75, 3.05) is 13.7 Å². The summed E-state index contributed by atoms with van der Waals surface area (Å²) in [6.45, 7) is 8.63. The van der Waals surface area contributed by atoms with Crippen LogP contribution in [-0.4, -0.2) is 42.4 Å². The Morgan fingerprint density at radius 3 is 2.61 bits per heavy atom. The van der Waals surface area contributed by atoms with E-state index >= 15 is 0 Å². The first-order valence-electron chi connectivity index (χ1n) is 6.89. The maximum Gasteiger partial charge on any atom is 0.410 e. The van der Waals surface area contributed by atoms with Crippen molar-refractivity contribution in [2.24, 2.45) is 0 Å². The molecule has 18 heavy (non-hydrogen) atoms. The number of amides is 1. The first kappa shape index (κ1) is 15.3. The van der Waals surface area contributed by atoms with Crippen LogP contribution in [0.5, 0.6) is 0 Å². The average molecular weight is 257 g/mol. The SMILES string of the molecule is CCC(CC1CCCN1C(=O)OC(C)(C)C)OC. The molecular weight excluding hydrogens is 230 g/mol. The second-order valence-corrected chi connectivity index (χ2v) is 5.97. The summed E-state index contributed by atoms with van der Waals surface area (Å²) < 4.78 is 10.9. The van der Waals surface area contributed by atoms with Crippen LogP contribution in [0.1, 0.15) is 53.4 Å². The van der Waals surface area contributed by atoms with E-state index in [2.05, 4.69) is 6.92 Å². The van der Waals surface area contributed by atoms with E-state index in [1.807, 2.05) is 25.7 Å². The molecular formula is C14H27NO3. The first-order valence-corrected chi connectivity index (χ1v) is 6.89. The van der Waals surface area contributed by atoms with E-state index in [1.54, 1.807) is 7.11 Å². The molecule has 0 bridgehead atoms. The van der Waals surface area contributed by atoms with Gasteiger partial charge in [-0.2, -0.15) is 0 Å². The Kier molecular flexibility index (Phi) is 5.45. The summed E-state index contributed by atoms with van der Waals surface area (Å²) in [5, 5.41) is 0. The molecule has 1 saturated heterocycles. The van der Waals surface area contributed by atoms with Crippen LogP contribution in [0.15, 0.2) is 0 Å². The summed E-state index contributed by atoms with van der Waals surface area (Å²) in [5.41, 5.74) is -0.421. The molecule has 0 aliphatic carbocycles. The van der Waals surface area contributed by atoms with Gasteiger partial charge < -0.3 is 14.4 Å². The molecule has 1 rings (SSSR count). The predicted octanol–water partition coefficient (Wildman–Crippen LogP) is 3.20. The summed E-state index contributed by atoms with van der Waals surface area (Å²) >= 11 is 0. The van der Waals surface area contributed by atoms with Gasteiger partial charge in [0.15, 0.2) is 0 Å². The Morgan fingerprint density at radius 2 is 2.11 bits per heavy atom. The van der Waals surface area contributed by atoms with Gasteiger partial charge in [0.1, 0.15) is 5.60 Å². The third kappa shape index (κ3) is 4.48. The number of hydrogen-bond donors (Lipinski definition) is 0. The van der Waals surface area contributed by atoms with E-state index in [0.29, 0.717) is 0 Å². The zero-order valence-corrected chi connectivity index (χ0v) is 12.4. The van der Waals surface area contributed by atoms with E-state index in [0.717, 1.165) is 32.2 Å². The van der Waals surface area contributed by atoms with Crippen LogP contribution in [-0.2, 0) is 9.47 Å². The van der Waals surface area contributed by atoms with Crippen LogP contribution >= 0.6 is 0 Å². The molecule has 1 amide bonds. The van der Waals surface area contributed by atoms with E-state index in [1.165, 1.54) is 0 Å². The molecule has 106 valence electrons. The highest BCUT2D eigenvalue weighted by molar-refractivity contribution is 5.68. The third-order valence-electron chi connectivity index (χ3n) is 3.33. The lowest BCUT2D eigenvalue weighted by Crippen LogP contribution is -2.41. The lowest BCUT2D eigenvalue weighted by atomic mass is 10.1. The Labute approximate surface area is 111 Å². The topological polar surface area (TPSA) is 38.8 Å². The quantitative estimate of drug-likeness (QED) is 0.776. The zero-order valence-electron chi connectivity index (χ0n) is 12.4. The highest BCUT2D eigenvalue weighted by atomic mass is 16.6. The van der Waals surface area contributed by atoms with Gasteiger partial charge >= 0.3 is 6.09 Å². The van der Waals surface area contributed by atoms with Crippen molar-refractivity contribution < 1.29 is 14.3 Å². The smallest absolute Gasteiger partial charge is 0.410 e. The first-order chi connectivity index (χ1) is 8.37. The van der Waals surface area contributed by atoms with Gasteiger partial charge in [-0.1, -0.05) is 6.92 Å². The number of carbonyl (C=O) groups is 1. The standard InChI is InChI=1S/C14H27NO3/c1-6-12(17-5)10-11-8-7-9-15(11)13(16)18-14(2,3)4/h11-12H,6-10H2,1-5H3. The molecule has 0 radical (unpaired) electrons. The number of hydrogen-bond acceptors (Lipinski definition) is 3. The number of ether oxygens (including phenoxy) is 2. The van der Waals surface area contributed by atoms with Crippen LogP contribution in [0.3, 0.4) is 0 Å². The van der Waals surface area contributed by atoms with Crippen molar-refractivity contribution in [3.05, 3.63) is 0 Å². The minimum atomic E-state index is -0.421. The van der Waals surface area contributed by atoms with Gasteiger partial charge in [-0.05, 0) is 46.5 Å². The minimum absolute atomic E-state index is 0.184.